The Morgan fingerprint density at radius 2 is 1.64 bits per heavy atom. The number of pyridine rings is 1. The smallest absolute Gasteiger partial charge is 0.147 e. The first kappa shape index (κ1) is 16.8. The van der Waals surface area contributed by atoms with Crippen molar-refractivity contribution >= 4 is 56.4 Å². The number of thiophene rings is 1. The van der Waals surface area contributed by atoms with Gasteiger partial charge in [-0.15, -0.1) is 11.3 Å². The van der Waals surface area contributed by atoms with E-state index in [1.807, 2.05) is 0 Å². The highest BCUT2D eigenvalue weighted by Crippen LogP contribution is 2.35. The monoisotopic (exact) mass is 393 g/mol. The van der Waals surface area contributed by atoms with Gasteiger partial charge in [-0.2, -0.15) is 0 Å². The second kappa shape index (κ2) is 6.59. The highest BCUT2D eigenvalue weighted by atomic mass is 35.5. The van der Waals surface area contributed by atoms with E-state index in [4.69, 9.17) is 23.2 Å². The third-order valence-electron chi connectivity index (χ3n) is 4.61. The summed E-state index contributed by atoms with van der Waals surface area (Å²) in [7, 11) is 0. The van der Waals surface area contributed by atoms with Crippen molar-refractivity contribution in [2.75, 3.05) is 36.0 Å². The summed E-state index contributed by atoms with van der Waals surface area (Å²) in [6.07, 6.45) is 3.30. The molecule has 0 bridgehead atoms. The number of halogens is 2. The Balaban J connectivity index is 1.58. The summed E-state index contributed by atoms with van der Waals surface area (Å²) in [6, 6.07) is 1.74. The van der Waals surface area contributed by atoms with Gasteiger partial charge < -0.3 is 9.80 Å². The van der Waals surface area contributed by atoms with Crippen molar-refractivity contribution < 1.29 is 0 Å². The molecule has 0 aromatic carbocycles. The third-order valence-corrected chi connectivity index (χ3v) is 6.21. The summed E-state index contributed by atoms with van der Waals surface area (Å²) in [5, 5.41) is 2.33. The van der Waals surface area contributed by atoms with E-state index in [0.29, 0.717) is 10.0 Å². The molecule has 0 radical (unpaired) electrons. The lowest BCUT2D eigenvalue weighted by molar-refractivity contribution is 0.643. The van der Waals surface area contributed by atoms with Gasteiger partial charge in [-0.1, -0.05) is 23.2 Å². The first-order chi connectivity index (χ1) is 12.0. The molecule has 130 valence electrons. The predicted octanol–water partition coefficient (Wildman–Crippen LogP) is 4.34. The zero-order chi connectivity index (χ0) is 17.6. The van der Waals surface area contributed by atoms with Gasteiger partial charge in [0.1, 0.15) is 22.8 Å². The normalized spacial score (nSPS) is 15.2. The van der Waals surface area contributed by atoms with Crippen LogP contribution in [-0.4, -0.2) is 41.1 Å². The molecule has 0 unspecified atom stereocenters. The van der Waals surface area contributed by atoms with Crippen LogP contribution in [0.25, 0.3) is 10.2 Å². The van der Waals surface area contributed by atoms with Gasteiger partial charge in [0.15, 0.2) is 0 Å². The molecule has 25 heavy (non-hydrogen) atoms. The fourth-order valence-corrected chi connectivity index (χ4v) is 4.66. The molecule has 1 fully saturated rings. The van der Waals surface area contributed by atoms with E-state index in [2.05, 4.69) is 38.6 Å². The average molecular weight is 394 g/mol. The largest absolute Gasteiger partial charge is 0.352 e. The number of aromatic nitrogens is 3. The Morgan fingerprint density at radius 3 is 2.32 bits per heavy atom. The number of aryl methyl sites for hydroxylation is 2. The van der Waals surface area contributed by atoms with Crippen molar-refractivity contribution in [2.45, 2.75) is 13.8 Å². The summed E-state index contributed by atoms with van der Waals surface area (Å²) < 4.78 is 0. The zero-order valence-electron chi connectivity index (χ0n) is 14.0. The van der Waals surface area contributed by atoms with Gasteiger partial charge >= 0.3 is 0 Å². The summed E-state index contributed by atoms with van der Waals surface area (Å²) in [5.41, 5.74) is 1.28. The van der Waals surface area contributed by atoms with Crippen LogP contribution in [0.3, 0.4) is 0 Å². The zero-order valence-corrected chi connectivity index (χ0v) is 16.3. The molecule has 3 aromatic rings. The molecule has 0 aliphatic carbocycles. The molecule has 1 aliphatic rings. The minimum absolute atomic E-state index is 0.555. The van der Waals surface area contributed by atoms with E-state index >= 15 is 0 Å². The van der Waals surface area contributed by atoms with Gasteiger partial charge in [0.2, 0.25) is 0 Å². The van der Waals surface area contributed by atoms with Crippen LogP contribution in [0.4, 0.5) is 11.6 Å². The van der Waals surface area contributed by atoms with Crippen molar-refractivity contribution in [3.05, 3.63) is 39.1 Å². The van der Waals surface area contributed by atoms with E-state index in [0.717, 1.165) is 42.6 Å². The predicted molar refractivity (Wildman–Crippen MR) is 106 cm³/mol. The van der Waals surface area contributed by atoms with Gasteiger partial charge in [-0.05, 0) is 25.5 Å². The molecule has 1 saturated heterocycles. The molecule has 1 aliphatic heterocycles. The van der Waals surface area contributed by atoms with Crippen LogP contribution in [0.5, 0.6) is 0 Å². The highest BCUT2D eigenvalue weighted by molar-refractivity contribution is 7.18. The molecule has 0 spiro atoms. The number of rotatable bonds is 2. The molecule has 4 rings (SSSR count). The maximum absolute atomic E-state index is 6.30. The Morgan fingerprint density at radius 1 is 0.960 bits per heavy atom. The first-order valence-electron chi connectivity index (χ1n) is 8.06. The van der Waals surface area contributed by atoms with Gasteiger partial charge in [-0.25, -0.2) is 15.0 Å². The number of fused-ring (bicyclic) bond motifs is 1. The van der Waals surface area contributed by atoms with E-state index < -0.39 is 0 Å². The van der Waals surface area contributed by atoms with E-state index in [1.165, 1.54) is 15.8 Å². The van der Waals surface area contributed by atoms with Crippen LogP contribution in [0, 0.1) is 13.8 Å². The molecule has 8 heteroatoms. The second-order valence-corrected chi connectivity index (χ2v) is 8.14. The minimum Gasteiger partial charge on any atom is -0.352 e. The van der Waals surface area contributed by atoms with Gasteiger partial charge in [0.05, 0.1) is 15.4 Å². The Hall–Kier alpha value is -1.63. The standard InChI is InChI=1S/C17H17Cl2N5S/c1-10-11(2)25-17-14(10)16(21-9-22-17)24-5-3-23(4-6-24)15-13(19)7-12(18)8-20-15/h7-9H,3-6H2,1-2H3. The van der Waals surface area contributed by atoms with Crippen molar-refractivity contribution in [2.24, 2.45) is 0 Å². The molecule has 4 heterocycles. The fraction of sp³-hybridized carbons (Fsp3) is 0.353. The lowest BCUT2D eigenvalue weighted by atomic mass is 10.2. The summed E-state index contributed by atoms with van der Waals surface area (Å²) in [5.74, 6) is 1.82. The molecule has 0 atom stereocenters. The number of hydrogen-bond acceptors (Lipinski definition) is 6. The van der Waals surface area contributed by atoms with Crippen molar-refractivity contribution in [1.82, 2.24) is 15.0 Å². The molecular formula is C17H17Cl2N5S. The number of nitrogens with zero attached hydrogens (tertiary/aromatic N) is 5. The van der Waals surface area contributed by atoms with Gasteiger partial charge in [0, 0.05) is 37.3 Å². The Kier molecular flexibility index (Phi) is 4.43. The van der Waals surface area contributed by atoms with Crippen LogP contribution in [0.2, 0.25) is 10.0 Å². The van der Waals surface area contributed by atoms with E-state index in [9.17, 15) is 0 Å². The number of hydrogen-bond donors (Lipinski definition) is 0. The van der Waals surface area contributed by atoms with Crippen LogP contribution < -0.4 is 9.80 Å². The molecule has 0 saturated carbocycles. The third kappa shape index (κ3) is 3.03. The van der Waals surface area contributed by atoms with Crippen LogP contribution in [-0.2, 0) is 0 Å². The highest BCUT2D eigenvalue weighted by Gasteiger charge is 2.23. The molecular weight excluding hydrogens is 377 g/mol. The molecule has 0 N–H and O–H groups in total. The first-order valence-corrected chi connectivity index (χ1v) is 9.63. The summed E-state index contributed by atoms with van der Waals surface area (Å²) >= 11 is 14.0. The van der Waals surface area contributed by atoms with Crippen LogP contribution in [0.1, 0.15) is 10.4 Å². The molecule has 0 amide bonds. The topological polar surface area (TPSA) is 45.2 Å². The van der Waals surface area contributed by atoms with Crippen molar-refractivity contribution in [3.63, 3.8) is 0 Å². The Labute approximate surface area is 160 Å². The molecule has 5 nitrogen and oxygen atoms in total. The lowest BCUT2D eigenvalue weighted by Crippen LogP contribution is -2.47. The lowest BCUT2D eigenvalue weighted by Gasteiger charge is -2.36. The quantitative estimate of drug-likeness (QED) is 0.647. The second-order valence-electron chi connectivity index (χ2n) is 6.09. The molecule has 3 aromatic heterocycles. The van der Waals surface area contributed by atoms with E-state index in [1.54, 1.807) is 29.9 Å². The number of anilines is 2. The van der Waals surface area contributed by atoms with Gasteiger partial charge in [-0.3, -0.25) is 0 Å². The maximum Gasteiger partial charge on any atom is 0.147 e. The van der Waals surface area contributed by atoms with Gasteiger partial charge in [0.25, 0.3) is 0 Å². The average Bonchev–Trinajstić information content (AvgIpc) is 2.90. The Bertz CT molecular complexity index is 934. The minimum atomic E-state index is 0.555. The van der Waals surface area contributed by atoms with Crippen LogP contribution in [0.15, 0.2) is 18.6 Å². The maximum atomic E-state index is 6.30. The van der Waals surface area contributed by atoms with Crippen molar-refractivity contribution in [1.29, 1.82) is 0 Å². The summed E-state index contributed by atoms with van der Waals surface area (Å²) in [4.78, 5) is 20.3. The van der Waals surface area contributed by atoms with E-state index in [-0.39, 0.29) is 0 Å². The number of piperazine rings is 1. The van der Waals surface area contributed by atoms with Crippen molar-refractivity contribution in [3.8, 4) is 0 Å². The summed E-state index contributed by atoms with van der Waals surface area (Å²) in [6.45, 7) is 7.68. The SMILES string of the molecule is Cc1sc2ncnc(N3CCN(c4ncc(Cl)cc4Cl)CC3)c2c1C. The fourth-order valence-electron chi connectivity index (χ4n) is 3.17. The van der Waals surface area contributed by atoms with Crippen LogP contribution >= 0.6 is 34.5 Å².